The normalized spacial score (nSPS) is 11.6. The van der Waals surface area contributed by atoms with Crippen molar-refractivity contribution < 1.29 is 23.8 Å². The first kappa shape index (κ1) is 19.1. The molecule has 2 aromatic carbocycles. The van der Waals surface area contributed by atoms with Crippen molar-refractivity contribution in [3.05, 3.63) is 71.8 Å². The van der Waals surface area contributed by atoms with Gasteiger partial charge in [0, 0.05) is 0 Å². The molecule has 136 valence electrons. The number of carbonyl (C=O) groups is 2. The maximum atomic E-state index is 12.0. The highest BCUT2D eigenvalue weighted by Crippen LogP contribution is 2.12. The second-order valence-electron chi connectivity index (χ2n) is 5.34. The molecule has 0 bridgehead atoms. The van der Waals surface area contributed by atoms with Crippen LogP contribution in [0.4, 0.5) is 4.79 Å². The molecular formula is C20H21NO5. The summed E-state index contributed by atoms with van der Waals surface area (Å²) in [5, 5.41) is 2.48. The van der Waals surface area contributed by atoms with Crippen LogP contribution in [0.5, 0.6) is 5.75 Å². The molecule has 0 saturated heterocycles. The molecule has 0 heterocycles. The highest BCUT2D eigenvalue weighted by molar-refractivity contribution is 5.84. The molecule has 1 N–H and O–H groups in total. The van der Waals surface area contributed by atoms with Gasteiger partial charge in [-0.1, -0.05) is 54.6 Å². The lowest BCUT2D eigenvalue weighted by molar-refractivity contribution is -0.141. The summed E-state index contributed by atoms with van der Waals surface area (Å²) in [5.74, 6) is 0.140. The van der Waals surface area contributed by atoms with E-state index in [4.69, 9.17) is 14.2 Å². The summed E-state index contributed by atoms with van der Waals surface area (Å²) in [6.07, 6.45) is 2.54. The van der Waals surface area contributed by atoms with Gasteiger partial charge in [0.2, 0.25) is 0 Å². The van der Waals surface area contributed by atoms with Crippen LogP contribution in [0, 0.1) is 0 Å². The zero-order chi connectivity index (χ0) is 18.8. The Bertz CT molecular complexity index is 741. The Balaban J connectivity index is 1.96. The minimum atomic E-state index is -0.953. The summed E-state index contributed by atoms with van der Waals surface area (Å²) < 4.78 is 14.9. The maximum Gasteiger partial charge on any atom is 0.408 e. The minimum Gasteiger partial charge on any atom is -0.497 e. The van der Waals surface area contributed by atoms with E-state index < -0.39 is 18.1 Å². The number of carbonyl (C=O) groups excluding carboxylic acids is 2. The van der Waals surface area contributed by atoms with Gasteiger partial charge >= 0.3 is 12.1 Å². The Morgan fingerprint density at radius 3 is 2.35 bits per heavy atom. The molecule has 1 unspecified atom stereocenters. The lowest BCUT2D eigenvalue weighted by Gasteiger charge is -2.13. The Morgan fingerprint density at radius 1 is 1.04 bits per heavy atom. The number of esters is 1. The summed E-state index contributed by atoms with van der Waals surface area (Å²) in [6.45, 7) is 0.114. The van der Waals surface area contributed by atoms with E-state index in [-0.39, 0.29) is 6.61 Å². The maximum absolute atomic E-state index is 12.0. The van der Waals surface area contributed by atoms with Crippen molar-refractivity contribution in [2.24, 2.45) is 0 Å². The molecule has 0 spiro atoms. The Labute approximate surface area is 152 Å². The van der Waals surface area contributed by atoms with Crippen molar-refractivity contribution >= 4 is 18.1 Å². The summed E-state index contributed by atoms with van der Waals surface area (Å²) in [6, 6.07) is 15.6. The van der Waals surface area contributed by atoms with Gasteiger partial charge in [0.15, 0.2) is 0 Å². The molecule has 0 saturated carbocycles. The molecule has 2 aromatic rings. The van der Waals surface area contributed by atoms with Gasteiger partial charge in [-0.3, -0.25) is 0 Å². The monoisotopic (exact) mass is 355 g/mol. The number of methoxy groups -OCH3 is 2. The van der Waals surface area contributed by atoms with Gasteiger partial charge < -0.3 is 19.5 Å². The summed E-state index contributed by atoms with van der Waals surface area (Å²) >= 11 is 0. The Morgan fingerprint density at radius 2 is 1.73 bits per heavy atom. The molecule has 1 amide bonds. The van der Waals surface area contributed by atoms with E-state index >= 15 is 0 Å². The molecule has 0 aliphatic rings. The van der Waals surface area contributed by atoms with Crippen molar-refractivity contribution in [1.82, 2.24) is 5.32 Å². The Hall–Kier alpha value is -3.28. The number of ether oxygens (including phenoxy) is 3. The number of hydrogen-bond acceptors (Lipinski definition) is 5. The SMILES string of the molecule is COC(=O)C(/C=C\c1ccc(OC)cc1)NC(=O)OCc1ccccc1. The third-order valence-corrected chi connectivity index (χ3v) is 3.54. The largest absolute Gasteiger partial charge is 0.497 e. The van der Waals surface area contributed by atoms with Crippen molar-refractivity contribution in [3.63, 3.8) is 0 Å². The van der Waals surface area contributed by atoms with Gasteiger partial charge in [0.25, 0.3) is 0 Å². The first-order valence-corrected chi connectivity index (χ1v) is 7.99. The summed E-state index contributed by atoms with van der Waals surface area (Å²) in [4.78, 5) is 23.8. The topological polar surface area (TPSA) is 73.9 Å². The third kappa shape index (κ3) is 5.98. The van der Waals surface area contributed by atoms with Gasteiger partial charge in [-0.2, -0.15) is 0 Å². The van der Waals surface area contributed by atoms with Crippen LogP contribution >= 0.6 is 0 Å². The van der Waals surface area contributed by atoms with E-state index in [9.17, 15) is 9.59 Å². The van der Waals surface area contributed by atoms with Crippen LogP contribution in [0.2, 0.25) is 0 Å². The second-order valence-corrected chi connectivity index (χ2v) is 5.34. The quantitative estimate of drug-likeness (QED) is 0.772. The van der Waals surface area contributed by atoms with E-state index in [1.54, 1.807) is 25.3 Å². The summed E-state index contributed by atoms with van der Waals surface area (Å²) in [7, 11) is 2.84. The first-order valence-electron chi connectivity index (χ1n) is 7.99. The third-order valence-electron chi connectivity index (χ3n) is 3.54. The van der Waals surface area contributed by atoms with Gasteiger partial charge in [-0.05, 0) is 23.3 Å². The van der Waals surface area contributed by atoms with Crippen LogP contribution in [0.25, 0.3) is 6.08 Å². The number of rotatable bonds is 7. The lowest BCUT2D eigenvalue weighted by atomic mass is 10.1. The van der Waals surface area contributed by atoms with Gasteiger partial charge in [-0.25, -0.2) is 9.59 Å². The molecule has 26 heavy (non-hydrogen) atoms. The molecule has 0 aliphatic heterocycles. The predicted octanol–water partition coefficient (Wildman–Crippen LogP) is 3.18. The highest BCUT2D eigenvalue weighted by Gasteiger charge is 2.19. The fraction of sp³-hybridized carbons (Fsp3) is 0.200. The minimum absolute atomic E-state index is 0.114. The molecule has 0 aliphatic carbocycles. The van der Waals surface area contributed by atoms with Crippen molar-refractivity contribution in [2.45, 2.75) is 12.6 Å². The fourth-order valence-electron chi connectivity index (χ4n) is 2.13. The predicted molar refractivity (Wildman–Crippen MR) is 97.6 cm³/mol. The standard InChI is InChI=1S/C20H21NO5/c1-24-17-11-8-15(9-12-17)10-13-18(19(22)25-2)21-20(23)26-14-16-6-4-3-5-7-16/h3-13,18H,14H2,1-2H3,(H,21,23)/b13-10-. The zero-order valence-corrected chi connectivity index (χ0v) is 14.7. The average Bonchev–Trinajstić information content (AvgIpc) is 2.70. The molecule has 1 atom stereocenters. The summed E-state index contributed by atoms with van der Waals surface area (Å²) in [5.41, 5.74) is 1.70. The van der Waals surface area contributed by atoms with Crippen LogP contribution in [-0.2, 0) is 20.9 Å². The van der Waals surface area contributed by atoms with E-state index in [0.29, 0.717) is 0 Å². The number of amides is 1. The smallest absolute Gasteiger partial charge is 0.408 e. The molecule has 0 fully saturated rings. The van der Waals surface area contributed by atoms with Crippen LogP contribution in [-0.4, -0.2) is 32.3 Å². The van der Waals surface area contributed by atoms with Crippen LogP contribution < -0.4 is 10.1 Å². The Kier molecular flexibility index (Phi) is 7.24. The molecule has 0 radical (unpaired) electrons. The number of alkyl carbamates (subject to hydrolysis) is 1. The number of hydrogen-bond donors (Lipinski definition) is 1. The molecule has 2 rings (SSSR count). The number of benzene rings is 2. The van der Waals surface area contributed by atoms with E-state index in [1.165, 1.54) is 13.2 Å². The van der Waals surface area contributed by atoms with Gasteiger partial charge in [0.1, 0.15) is 18.4 Å². The van der Waals surface area contributed by atoms with Crippen molar-refractivity contribution in [1.29, 1.82) is 0 Å². The highest BCUT2D eigenvalue weighted by atomic mass is 16.6. The van der Waals surface area contributed by atoms with Crippen molar-refractivity contribution in [3.8, 4) is 5.75 Å². The van der Waals surface area contributed by atoms with Crippen molar-refractivity contribution in [2.75, 3.05) is 14.2 Å². The van der Waals surface area contributed by atoms with Gasteiger partial charge in [0.05, 0.1) is 14.2 Å². The molecule has 6 heteroatoms. The van der Waals surface area contributed by atoms with Crippen LogP contribution in [0.3, 0.4) is 0 Å². The second kappa shape index (κ2) is 9.88. The first-order chi connectivity index (χ1) is 12.6. The van der Waals surface area contributed by atoms with Crippen LogP contribution in [0.1, 0.15) is 11.1 Å². The fourth-order valence-corrected chi connectivity index (χ4v) is 2.13. The van der Waals surface area contributed by atoms with E-state index in [2.05, 4.69) is 5.32 Å². The lowest BCUT2D eigenvalue weighted by Crippen LogP contribution is -2.40. The number of nitrogens with one attached hydrogen (secondary N) is 1. The van der Waals surface area contributed by atoms with E-state index in [0.717, 1.165) is 16.9 Å². The van der Waals surface area contributed by atoms with Crippen LogP contribution in [0.15, 0.2) is 60.7 Å². The average molecular weight is 355 g/mol. The molecular weight excluding hydrogens is 334 g/mol. The molecule has 0 aromatic heterocycles. The van der Waals surface area contributed by atoms with E-state index in [1.807, 2.05) is 42.5 Å². The zero-order valence-electron chi connectivity index (χ0n) is 14.7. The molecule has 6 nitrogen and oxygen atoms in total. The van der Waals surface area contributed by atoms with Gasteiger partial charge in [-0.15, -0.1) is 0 Å².